The van der Waals surface area contributed by atoms with Crippen molar-refractivity contribution in [3.05, 3.63) is 30.1 Å². The van der Waals surface area contributed by atoms with E-state index in [-0.39, 0.29) is 12.1 Å². The number of hydrogen-bond acceptors (Lipinski definition) is 6. The summed E-state index contributed by atoms with van der Waals surface area (Å²) >= 11 is 1.45. The van der Waals surface area contributed by atoms with Crippen LogP contribution in [0.25, 0.3) is 0 Å². The summed E-state index contributed by atoms with van der Waals surface area (Å²) in [6, 6.07) is 4.69. The molecule has 1 atom stereocenters. The van der Waals surface area contributed by atoms with Gasteiger partial charge in [0.05, 0.1) is 12.2 Å². The van der Waals surface area contributed by atoms with Crippen LogP contribution in [-0.2, 0) is 9.59 Å². The fraction of sp³-hybridized carbons (Fsp3) is 0.286. The van der Waals surface area contributed by atoms with E-state index in [0.717, 1.165) is 5.75 Å². The second-order valence-electron chi connectivity index (χ2n) is 4.98. The minimum absolute atomic E-state index is 0.0937. The van der Waals surface area contributed by atoms with E-state index in [1.165, 1.54) is 41.0 Å². The maximum atomic E-state index is 13.0. The highest BCUT2D eigenvalue weighted by atomic mass is 32.2. The molecule has 2 amide bonds. The molecular formula is C14H14FN5O2S. The normalized spacial score (nSPS) is 20.2. The van der Waals surface area contributed by atoms with E-state index in [1.54, 1.807) is 0 Å². The van der Waals surface area contributed by atoms with Gasteiger partial charge in [-0.1, -0.05) is 11.8 Å². The zero-order chi connectivity index (χ0) is 16.4. The van der Waals surface area contributed by atoms with E-state index >= 15 is 0 Å². The third kappa shape index (κ3) is 3.34. The van der Waals surface area contributed by atoms with Crippen molar-refractivity contribution in [3.63, 3.8) is 0 Å². The lowest BCUT2D eigenvalue weighted by atomic mass is 10.1. The number of hydrazone groups is 1. The lowest BCUT2D eigenvalue weighted by Gasteiger charge is -2.20. The SMILES string of the molecule is NC(=O)C1CC(C(=O)NC2=NCCS2)=NN1c1ccc(F)cc1. The quantitative estimate of drug-likeness (QED) is 0.838. The number of halogens is 1. The first-order valence-corrected chi connectivity index (χ1v) is 7.93. The molecule has 120 valence electrons. The number of aliphatic imine (C=N–C) groups is 1. The number of primary amides is 1. The number of amidine groups is 1. The van der Waals surface area contributed by atoms with Crippen LogP contribution in [0.3, 0.4) is 0 Å². The maximum absolute atomic E-state index is 13.0. The van der Waals surface area contributed by atoms with E-state index in [1.807, 2.05) is 0 Å². The molecule has 1 aromatic carbocycles. The molecule has 1 unspecified atom stereocenters. The Kier molecular flexibility index (Phi) is 4.28. The minimum atomic E-state index is -0.778. The van der Waals surface area contributed by atoms with Gasteiger partial charge in [-0.15, -0.1) is 0 Å². The number of rotatable bonds is 3. The van der Waals surface area contributed by atoms with Crippen LogP contribution in [0.5, 0.6) is 0 Å². The number of benzene rings is 1. The van der Waals surface area contributed by atoms with Crippen LogP contribution in [0.4, 0.5) is 10.1 Å². The maximum Gasteiger partial charge on any atom is 0.273 e. The van der Waals surface area contributed by atoms with Crippen LogP contribution in [0, 0.1) is 5.82 Å². The monoisotopic (exact) mass is 335 g/mol. The Balaban J connectivity index is 1.81. The van der Waals surface area contributed by atoms with Crippen molar-refractivity contribution in [2.24, 2.45) is 15.8 Å². The van der Waals surface area contributed by atoms with E-state index < -0.39 is 23.7 Å². The summed E-state index contributed by atoms with van der Waals surface area (Å²) in [5.74, 6) is -0.586. The van der Waals surface area contributed by atoms with E-state index in [0.29, 0.717) is 17.4 Å². The molecule has 0 aromatic heterocycles. The Morgan fingerprint density at radius 2 is 2.09 bits per heavy atom. The third-order valence-corrected chi connectivity index (χ3v) is 4.29. The lowest BCUT2D eigenvalue weighted by molar-refractivity contribution is -0.119. The van der Waals surface area contributed by atoms with Gasteiger partial charge in [-0.25, -0.2) is 4.39 Å². The molecule has 2 aliphatic heterocycles. The zero-order valence-electron chi connectivity index (χ0n) is 12.0. The first-order chi connectivity index (χ1) is 11.0. The molecular weight excluding hydrogens is 321 g/mol. The molecule has 0 bridgehead atoms. The number of nitrogens with zero attached hydrogens (tertiary/aromatic N) is 3. The van der Waals surface area contributed by atoms with Crippen LogP contribution < -0.4 is 16.1 Å². The summed E-state index contributed by atoms with van der Waals surface area (Å²) in [5, 5.41) is 8.75. The summed E-state index contributed by atoms with van der Waals surface area (Å²) in [4.78, 5) is 28.0. The van der Waals surface area contributed by atoms with Gasteiger partial charge in [-0.2, -0.15) is 5.10 Å². The van der Waals surface area contributed by atoms with Gasteiger partial charge in [-0.3, -0.25) is 19.6 Å². The molecule has 2 heterocycles. The van der Waals surface area contributed by atoms with Crippen LogP contribution in [0.15, 0.2) is 34.4 Å². The molecule has 23 heavy (non-hydrogen) atoms. The van der Waals surface area contributed by atoms with Crippen molar-refractivity contribution in [1.82, 2.24) is 5.32 Å². The van der Waals surface area contributed by atoms with Gasteiger partial charge in [0.1, 0.15) is 17.6 Å². The number of hydrogen-bond donors (Lipinski definition) is 2. The van der Waals surface area contributed by atoms with Crippen LogP contribution >= 0.6 is 11.8 Å². The number of anilines is 1. The fourth-order valence-electron chi connectivity index (χ4n) is 2.28. The molecule has 1 aromatic rings. The minimum Gasteiger partial charge on any atom is -0.368 e. The second-order valence-corrected chi connectivity index (χ2v) is 6.06. The van der Waals surface area contributed by atoms with Crippen LogP contribution in [-0.4, -0.2) is 41.0 Å². The van der Waals surface area contributed by atoms with Gasteiger partial charge < -0.3 is 11.1 Å². The van der Waals surface area contributed by atoms with Crippen molar-refractivity contribution in [3.8, 4) is 0 Å². The zero-order valence-corrected chi connectivity index (χ0v) is 12.8. The Morgan fingerprint density at radius 3 is 2.70 bits per heavy atom. The Morgan fingerprint density at radius 1 is 1.35 bits per heavy atom. The average molecular weight is 335 g/mol. The summed E-state index contributed by atoms with van der Waals surface area (Å²) in [7, 11) is 0. The number of nitrogens with one attached hydrogen (secondary N) is 1. The second kappa shape index (κ2) is 6.37. The average Bonchev–Trinajstić information content (AvgIpc) is 3.17. The summed E-state index contributed by atoms with van der Waals surface area (Å²) in [6.45, 7) is 0.665. The van der Waals surface area contributed by atoms with Crippen molar-refractivity contribution < 1.29 is 14.0 Å². The largest absolute Gasteiger partial charge is 0.368 e. The Bertz CT molecular complexity index is 704. The van der Waals surface area contributed by atoms with Gasteiger partial charge in [0.2, 0.25) is 5.91 Å². The van der Waals surface area contributed by atoms with Crippen molar-refractivity contribution in [2.45, 2.75) is 12.5 Å². The highest BCUT2D eigenvalue weighted by Crippen LogP contribution is 2.25. The highest BCUT2D eigenvalue weighted by molar-refractivity contribution is 8.14. The Hall–Kier alpha value is -2.42. The smallest absolute Gasteiger partial charge is 0.273 e. The predicted molar refractivity (Wildman–Crippen MR) is 86.8 cm³/mol. The number of carbonyl (C=O) groups is 2. The molecule has 0 aliphatic carbocycles. The third-order valence-electron chi connectivity index (χ3n) is 3.40. The fourth-order valence-corrected chi connectivity index (χ4v) is 3.00. The van der Waals surface area contributed by atoms with Crippen molar-refractivity contribution in [2.75, 3.05) is 17.3 Å². The lowest BCUT2D eigenvalue weighted by Crippen LogP contribution is -2.40. The summed E-state index contributed by atoms with van der Waals surface area (Å²) < 4.78 is 13.0. The predicted octanol–water partition coefficient (Wildman–Crippen LogP) is 0.465. The Labute approximate surface area is 135 Å². The van der Waals surface area contributed by atoms with E-state index in [4.69, 9.17) is 5.73 Å². The van der Waals surface area contributed by atoms with Gasteiger partial charge in [-0.05, 0) is 24.3 Å². The standard InChI is InChI=1S/C14H14FN5O2S/c15-8-1-3-9(4-2-8)20-11(12(16)21)7-10(19-20)13(22)18-14-17-5-6-23-14/h1-4,11H,5-7H2,(H2,16,21)(H,17,18,22). The van der Waals surface area contributed by atoms with Gasteiger partial charge in [0.25, 0.3) is 5.91 Å². The molecule has 0 fully saturated rings. The first kappa shape index (κ1) is 15.5. The summed E-state index contributed by atoms with van der Waals surface area (Å²) in [5.41, 5.74) is 6.07. The number of amides is 2. The molecule has 9 heteroatoms. The van der Waals surface area contributed by atoms with E-state index in [2.05, 4.69) is 15.4 Å². The molecule has 0 saturated heterocycles. The highest BCUT2D eigenvalue weighted by Gasteiger charge is 2.35. The summed E-state index contributed by atoms with van der Waals surface area (Å²) in [6.07, 6.45) is 0.0937. The molecule has 3 rings (SSSR count). The molecule has 7 nitrogen and oxygen atoms in total. The van der Waals surface area contributed by atoms with Crippen molar-refractivity contribution in [1.29, 1.82) is 0 Å². The van der Waals surface area contributed by atoms with Crippen LogP contribution in [0.2, 0.25) is 0 Å². The topological polar surface area (TPSA) is 100 Å². The molecule has 0 radical (unpaired) electrons. The molecule has 2 aliphatic rings. The molecule has 3 N–H and O–H groups in total. The van der Waals surface area contributed by atoms with Gasteiger partial charge in [0, 0.05) is 12.2 Å². The number of carbonyl (C=O) groups excluding carboxylic acids is 2. The van der Waals surface area contributed by atoms with E-state index in [9.17, 15) is 14.0 Å². The number of thioether (sulfide) groups is 1. The molecule has 0 spiro atoms. The van der Waals surface area contributed by atoms with Crippen LogP contribution in [0.1, 0.15) is 6.42 Å². The van der Waals surface area contributed by atoms with Gasteiger partial charge in [0.15, 0.2) is 5.17 Å². The van der Waals surface area contributed by atoms with Gasteiger partial charge >= 0.3 is 0 Å². The van der Waals surface area contributed by atoms with Crippen molar-refractivity contribution >= 4 is 40.1 Å². The number of nitrogens with two attached hydrogens (primary N) is 1. The first-order valence-electron chi connectivity index (χ1n) is 6.95. The molecule has 0 saturated carbocycles.